The fraction of sp³-hybridized carbons (Fsp3) is 0.0714. The lowest BCUT2D eigenvalue weighted by Gasteiger charge is -2.06. The van der Waals surface area contributed by atoms with Gasteiger partial charge >= 0.3 is 0 Å². The Hall–Kier alpha value is -1.98. The SMILES string of the molecule is N#Cc1cccc(NCc2cccc(Cl)c2)c1. The largest absolute Gasteiger partial charge is 0.381 e. The highest BCUT2D eigenvalue weighted by molar-refractivity contribution is 6.30. The average Bonchev–Trinajstić information content (AvgIpc) is 2.37. The van der Waals surface area contributed by atoms with Crippen molar-refractivity contribution in [1.82, 2.24) is 0 Å². The lowest BCUT2D eigenvalue weighted by molar-refractivity contribution is 1.15. The molecule has 0 aliphatic rings. The lowest BCUT2D eigenvalue weighted by atomic mass is 10.2. The van der Waals surface area contributed by atoms with Gasteiger partial charge in [-0.3, -0.25) is 0 Å². The first-order valence-electron chi connectivity index (χ1n) is 5.26. The molecule has 0 fully saturated rings. The maximum absolute atomic E-state index is 8.79. The van der Waals surface area contributed by atoms with E-state index in [1.807, 2.05) is 42.5 Å². The van der Waals surface area contributed by atoms with Gasteiger partial charge in [-0.1, -0.05) is 29.8 Å². The van der Waals surface area contributed by atoms with Crippen LogP contribution >= 0.6 is 11.6 Å². The molecule has 17 heavy (non-hydrogen) atoms. The summed E-state index contributed by atoms with van der Waals surface area (Å²) in [6, 6.07) is 17.2. The van der Waals surface area contributed by atoms with E-state index in [0.717, 1.165) is 16.3 Å². The molecule has 3 heteroatoms. The zero-order valence-corrected chi connectivity index (χ0v) is 9.91. The van der Waals surface area contributed by atoms with Gasteiger partial charge in [0.2, 0.25) is 0 Å². The van der Waals surface area contributed by atoms with Crippen molar-refractivity contribution < 1.29 is 0 Å². The molecule has 0 spiro atoms. The standard InChI is InChI=1S/C14H11ClN2/c15-13-5-1-4-12(7-13)10-17-14-6-2-3-11(8-14)9-16/h1-8,17H,10H2. The van der Waals surface area contributed by atoms with Crippen LogP contribution in [0, 0.1) is 11.3 Å². The van der Waals surface area contributed by atoms with Crippen molar-refractivity contribution in [2.75, 3.05) is 5.32 Å². The smallest absolute Gasteiger partial charge is 0.0992 e. The molecule has 0 saturated heterocycles. The minimum atomic E-state index is 0.654. The number of halogens is 1. The van der Waals surface area contributed by atoms with Gasteiger partial charge in [-0.15, -0.1) is 0 Å². The zero-order valence-electron chi connectivity index (χ0n) is 9.15. The van der Waals surface area contributed by atoms with Crippen LogP contribution in [0.4, 0.5) is 5.69 Å². The van der Waals surface area contributed by atoms with Crippen LogP contribution in [0.2, 0.25) is 5.02 Å². The molecule has 0 aliphatic heterocycles. The first-order valence-corrected chi connectivity index (χ1v) is 5.64. The molecule has 1 N–H and O–H groups in total. The topological polar surface area (TPSA) is 35.8 Å². The van der Waals surface area contributed by atoms with Crippen molar-refractivity contribution in [3.63, 3.8) is 0 Å². The van der Waals surface area contributed by atoms with Crippen LogP contribution in [0.25, 0.3) is 0 Å². The van der Waals surface area contributed by atoms with E-state index in [9.17, 15) is 0 Å². The number of anilines is 1. The summed E-state index contributed by atoms with van der Waals surface area (Å²) in [4.78, 5) is 0. The minimum absolute atomic E-state index is 0.654. The second-order valence-corrected chi connectivity index (χ2v) is 4.11. The van der Waals surface area contributed by atoms with Gasteiger partial charge in [-0.2, -0.15) is 5.26 Å². The molecule has 0 bridgehead atoms. The molecule has 0 heterocycles. The Labute approximate surface area is 105 Å². The third-order valence-electron chi connectivity index (χ3n) is 2.38. The Balaban J connectivity index is 2.05. The highest BCUT2D eigenvalue weighted by Gasteiger charge is 1.96. The van der Waals surface area contributed by atoms with Crippen molar-refractivity contribution in [2.24, 2.45) is 0 Å². The third-order valence-corrected chi connectivity index (χ3v) is 2.61. The monoisotopic (exact) mass is 242 g/mol. The van der Waals surface area contributed by atoms with Crippen LogP contribution in [0.3, 0.4) is 0 Å². The van der Waals surface area contributed by atoms with E-state index in [0.29, 0.717) is 12.1 Å². The molecular weight excluding hydrogens is 232 g/mol. The van der Waals surface area contributed by atoms with Gasteiger partial charge in [0.1, 0.15) is 0 Å². The molecule has 0 atom stereocenters. The minimum Gasteiger partial charge on any atom is -0.381 e. The third kappa shape index (κ3) is 3.24. The second-order valence-electron chi connectivity index (χ2n) is 3.68. The van der Waals surface area contributed by atoms with E-state index in [1.165, 1.54) is 0 Å². The van der Waals surface area contributed by atoms with Crippen molar-refractivity contribution in [3.05, 3.63) is 64.7 Å². The van der Waals surface area contributed by atoms with E-state index < -0.39 is 0 Å². The maximum atomic E-state index is 8.79. The molecule has 2 aromatic carbocycles. The quantitative estimate of drug-likeness (QED) is 0.888. The normalized spacial score (nSPS) is 9.65. The van der Waals surface area contributed by atoms with E-state index in [2.05, 4.69) is 11.4 Å². The first kappa shape index (κ1) is 11.5. The van der Waals surface area contributed by atoms with Gasteiger partial charge in [0.25, 0.3) is 0 Å². The van der Waals surface area contributed by atoms with Crippen LogP contribution in [0.1, 0.15) is 11.1 Å². The summed E-state index contributed by atoms with van der Waals surface area (Å²) >= 11 is 5.90. The average molecular weight is 243 g/mol. The number of benzene rings is 2. The summed E-state index contributed by atoms with van der Waals surface area (Å²) in [5, 5.41) is 12.8. The fourth-order valence-corrected chi connectivity index (χ4v) is 1.76. The number of nitriles is 1. The Kier molecular flexibility index (Phi) is 3.64. The Morgan fingerprint density at radius 2 is 1.94 bits per heavy atom. The highest BCUT2D eigenvalue weighted by atomic mass is 35.5. The number of nitrogens with zero attached hydrogens (tertiary/aromatic N) is 1. The Bertz CT molecular complexity index is 558. The molecule has 0 unspecified atom stereocenters. The van der Waals surface area contributed by atoms with Crippen molar-refractivity contribution in [1.29, 1.82) is 5.26 Å². The Morgan fingerprint density at radius 3 is 2.71 bits per heavy atom. The summed E-state index contributed by atoms with van der Waals surface area (Å²) in [5.74, 6) is 0. The summed E-state index contributed by atoms with van der Waals surface area (Å²) in [6.45, 7) is 0.690. The van der Waals surface area contributed by atoms with Crippen molar-refractivity contribution in [3.8, 4) is 6.07 Å². The van der Waals surface area contributed by atoms with Gasteiger partial charge in [0.15, 0.2) is 0 Å². The number of hydrogen-bond donors (Lipinski definition) is 1. The summed E-state index contributed by atoms with van der Waals surface area (Å²) in [6.07, 6.45) is 0. The summed E-state index contributed by atoms with van der Waals surface area (Å²) < 4.78 is 0. The molecule has 2 nitrogen and oxygen atoms in total. The van der Waals surface area contributed by atoms with Gasteiger partial charge < -0.3 is 5.32 Å². The van der Waals surface area contributed by atoms with Crippen LogP contribution in [0.15, 0.2) is 48.5 Å². The lowest BCUT2D eigenvalue weighted by Crippen LogP contribution is -1.99. The molecular formula is C14H11ClN2. The van der Waals surface area contributed by atoms with Crippen LogP contribution < -0.4 is 5.32 Å². The molecule has 0 aliphatic carbocycles. The van der Waals surface area contributed by atoms with E-state index >= 15 is 0 Å². The highest BCUT2D eigenvalue weighted by Crippen LogP contribution is 2.14. The van der Waals surface area contributed by atoms with Gasteiger partial charge in [0, 0.05) is 17.3 Å². The molecule has 84 valence electrons. The molecule has 0 aromatic heterocycles. The first-order chi connectivity index (χ1) is 8.28. The van der Waals surface area contributed by atoms with Crippen LogP contribution in [-0.2, 0) is 6.54 Å². The van der Waals surface area contributed by atoms with Crippen molar-refractivity contribution >= 4 is 17.3 Å². The second kappa shape index (κ2) is 5.38. The fourth-order valence-electron chi connectivity index (χ4n) is 1.55. The van der Waals surface area contributed by atoms with E-state index in [1.54, 1.807) is 6.07 Å². The van der Waals surface area contributed by atoms with Crippen molar-refractivity contribution in [2.45, 2.75) is 6.54 Å². The molecule has 2 rings (SSSR count). The molecule has 0 radical (unpaired) electrons. The van der Waals surface area contributed by atoms with Gasteiger partial charge in [-0.05, 0) is 35.9 Å². The van der Waals surface area contributed by atoms with Gasteiger partial charge in [-0.25, -0.2) is 0 Å². The summed E-state index contributed by atoms with van der Waals surface area (Å²) in [7, 11) is 0. The predicted molar refractivity (Wildman–Crippen MR) is 69.9 cm³/mol. The Morgan fingerprint density at radius 1 is 1.12 bits per heavy atom. The molecule has 2 aromatic rings. The predicted octanol–water partition coefficient (Wildman–Crippen LogP) is 3.82. The number of hydrogen-bond acceptors (Lipinski definition) is 2. The molecule has 0 saturated carbocycles. The number of nitrogens with one attached hydrogen (secondary N) is 1. The van der Waals surface area contributed by atoms with E-state index in [-0.39, 0.29) is 0 Å². The van der Waals surface area contributed by atoms with E-state index in [4.69, 9.17) is 16.9 Å². The zero-order chi connectivity index (χ0) is 12.1. The number of rotatable bonds is 3. The summed E-state index contributed by atoms with van der Waals surface area (Å²) in [5.41, 5.74) is 2.70. The van der Waals surface area contributed by atoms with Gasteiger partial charge in [0.05, 0.1) is 11.6 Å². The van der Waals surface area contributed by atoms with Crippen LogP contribution in [0.5, 0.6) is 0 Å². The van der Waals surface area contributed by atoms with Crippen LogP contribution in [-0.4, -0.2) is 0 Å². The molecule has 0 amide bonds. The maximum Gasteiger partial charge on any atom is 0.0992 e.